The maximum absolute atomic E-state index is 11.6. The smallest absolute Gasteiger partial charge is 0.187 e. The summed E-state index contributed by atoms with van der Waals surface area (Å²) in [7, 11) is 0. The van der Waals surface area contributed by atoms with Crippen molar-refractivity contribution in [2.45, 2.75) is 203 Å². The molecule has 5 heterocycles. The van der Waals surface area contributed by atoms with Crippen LogP contribution >= 0.6 is 0 Å². The molecule has 5 saturated heterocycles. The lowest BCUT2D eigenvalue weighted by atomic mass is 9.46. The van der Waals surface area contributed by atoms with Crippen LogP contribution in [0.1, 0.15) is 92.9 Å². The predicted molar refractivity (Wildman–Crippen MR) is 208 cm³/mol. The van der Waals surface area contributed by atoms with Crippen molar-refractivity contribution in [1.82, 2.24) is 0 Å². The van der Waals surface area contributed by atoms with Crippen molar-refractivity contribution >= 4 is 0 Å². The van der Waals surface area contributed by atoms with Gasteiger partial charge >= 0.3 is 0 Å². The maximum Gasteiger partial charge on any atom is 0.187 e. The minimum Gasteiger partial charge on any atom is -0.393 e. The van der Waals surface area contributed by atoms with E-state index in [4.69, 9.17) is 37.9 Å². The van der Waals surface area contributed by atoms with Crippen LogP contribution in [-0.2, 0) is 37.9 Å². The molecule has 16 nitrogen and oxygen atoms in total. The van der Waals surface area contributed by atoms with E-state index in [0.717, 1.165) is 50.7 Å². The molecule has 26 atom stereocenters. The molecule has 8 fully saturated rings. The molecule has 342 valence electrons. The summed E-state index contributed by atoms with van der Waals surface area (Å²) in [5, 5.41) is 86.8. The van der Waals surface area contributed by atoms with Gasteiger partial charge in [0.15, 0.2) is 24.7 Å². The molecule has 0 bridgehead atoms. The molecule has 0 aromatic heterocycles. The topological polar surface area (TPSA) is 236 Å². The largest absolute Gasteiger partial charge is 0.393 e. The fourth-order valence-electron chi connectivity index (χ4n) is 13.8. The van der Waals surface area contributed by atoms with E-state index in [1.807, 2.05) is 0 Å². The Balaban J connectivity index is 1.01. The van der Waals surface area contributed by atoms with Crippen LogP contribution in [-0.4, -0.2) is 164 Å². The number of rotatable bonds is 6. The summed E-state index contributed by atoms with van der Waals surface area (Å²) in [6.07, 6.45) is -12.0. The highest BCUT2D eigenvalue weighted by molar-refractivity contribution is 5.29. The van der Waals surface area contributed by atoms with Gasteiger partial charge in [0.25, 0.3) is 0 Å². The first-order valence-corrected chi connectivity index (χ1v) is 22.7. The van der Waals surface area contributed by atoms with Crippen molar-refractivity contribution < 1.29 is 78.7 Å². The van der Waals surface area contributed by atoms with Crippen LogP contribution in [0, 0.1) is 46.3 Å². The second-order valence-electron chi connectivity index (χ2n) is 20.7. The van der Waals surface area contributed by atoms with Crippen LogP contribution < -0.4 is 0 Å². The van der Waals surface area contributed by atoms with Gasteiger partial charge in [-0.1, -0.05) is 39.3 Å². The highest BCUT2D eigenvalue weighted by Gasteiger charge is 2.69. The van der Waals surface area contributed by atoms with Crippen LogP contribution in [0.4, 0.5) is 0 Å². The Morgan fingerprint density at radius 2 is 1.38 bits per heavy atom. The average molecular weight is 855 g/mol. The van der Waals surface area contributed by atoms with E-state index in [0.29, 0.717) is 30.1 Å². The van der Waals surface area contributed by atoms with Crippen LogP contribution in [0.15, 0.2) is 11.6 Å². The number of hydrogen-bond acceptors (Lipinski definition) is 16. The van der Waals surface area contributed by atoms with Gasteiger partial charge in [-0.05, 0) is 87.4 Å². The maximum atomic E-state index is 11.6. The summed E-state index contributed by atoms with van der Waals surface area (Å²) < 4.78 is 51.1. The zero-order chi connectivity index (χ0) is 42.8. The lowest BCUT2D eigenvalue weighted by Crippen LogP contribution is -2.66. The van der Waals surface area contributed by atoms with E-state index in [2.05, 4.69) is 33.8 Å². The molecule has 16 heteroatoms. The molecule has 60 heavy (non-hydrogen) atoms. The van der Waals surface area contributed by atoms with Crippen LogP contribution in [0.3, 0.4) is 0 Å². The SMILES string of the molecule is C[C@@H]1CC[C@@]2(OC1)OC1C[C@H]3[C@@H]4CC=C5C[C@@H](O)C[C@@H](O[C@H]6O[C@H](C)[C@H](O)[C@H](O[C@@H]7OC[C@@H](O)[C@H](O)[C@H]7O)[C@@H]6O[C@@H]6O[C@@H](C)[C@H](O)[C@@H](O)[C@H]6O)[C@]5(C)[C@H]4CC[C@]3(C)C1[C@@H]2C. The van der Waals surface area contributed by atoms with E-state index >= 15 is 0 Å². The Kier molecular flexibility index (Phi) is 12.0. The van der Waals surface area contributed by atoms with Gasteiger partial charge in [-0.3, -0.25) is 0 Å². The first-order chi connectivity index (χ1) is 28.4. The number of hydrogen-bond donors (Lipinski definition) is 8. The molecule has 0 aromatic rings. The van der Waals surface area contributed by atoms with Crippen LogP contribution in [0.5, 0.6) is 0 Å². The van der Waals surface area contributed by atoms with Gasteiger partial charge in [0, 0.05) is 24.2 Å². The van der Waals surface area contributed by atoms with Crippen molar-refractivity contribution in [1.29, 1.82) is 0 Å². The van der Waals surface area contributed by atoms with Crippen LogP contribution in [0.2, 0.25) is 0 Å². The molecule has 3 saturated carbocycles. The lowest BCUT2D eigenvalue weighted by Gasteiger charge is -2.60. The third-order valence-corrected chi connectivity index (χ3v) is 17.3. The molecule has 9 rings (SSSR count). The van der Waals surface area contributed by atoms with Crippen molar-refractivity contribution in [3.05, 3.63) is 11.6 Å². The minimum atomic E-state index is -1.72. The first kappa shape index (κ1) is 44.3. The Labute approximate surface area is 352 Å². The summed E-state index contributed by atoms with van der Waals surface area (Å²) in [6, 6.07) is 0. The molecule has 8 N–H and O–H groups in total. The number of fused-ring (bicyclic) bond motifs is 7. The zero-order valence-electron chi connectivity index (χ0n) is 35.8. The molecule has 4 aliphatic carbocycles. The van der Waals surface area contributed by atoms with E-state index in [1.165, 1.54) is 6.92 Å². The van der Waals surface area contributed by atoms with Crippen LogP contribution in [0.25, 0.3) is 0 Å². The molecule has 9 aliphatic rings. The number of ether oxygens (including phenoxy) is 8. The van der Waals surface area contributed by atoms with Gasteiger partial charge in [-0.2, -0.15) is 0 Å². The molecule has 2 unspecified atom stereocenters. The summed E-state index contributed by atoms with van der Waals surface area (Å²) in [5.74, 6) is 1.67. The van der Waals surface area contributed by atoms with E-state index in [9.17, 15) is 40.9 Å². The van der Waals surface area contributed by atoms with Gasteiger partial charge in [0.05, 0.1) is 43.7 Å². The molecule has 0 amide bonds. The third kappa shape index (κ3) is 7.01. The summed E-state index contributed by atoms with van der Waals surface area (Å²) in [4.78, 5) is 0. The summed E-state index contributed by atoms with van der Waals surface area (Å²) in [5.41, 5.74) is 0.681. The second-order valence-corrected chi connectivity index (χ2v) is 20.7. The van der Waals surface area contributed by atoms with Crippen molar-refractivity contribution in [3.63, 3.8) is 0 Å². The van der Waals surface area contributed by atoms with Crippen molar-refractivity contribution in [3.8, 4) is 0 Å². The first-order valence-electron chi connectivity index (χ1n) is 22.7. The number of aliphatic hydroxyl groups is 8. The monoisotopic (exact) mass is 854 g/mol. The van der Waals surface area contributed by atoms with Gasteiger partial charge in [-0.25, -0.2) is 0 Å². The molecular weight excluding hydrogens is 784 g/mol. The standard InChI is InChI=1S/C44H70O16/c1-18-9-12-44(54-16-18)19(2)30-28(60-44)15-26-24-8-7-22-13-23(45)14-29(43(22,6)25(24)10-11-42(26,30)5)57-41-38(59-40-36(52)34(50)31(47)20(3)55-40)37(32(48)21(4)56-41)58-39-35(51)33(49)27(46)17-53-39/h7,18-21,23-41,45-52H,8-17H2,1-6H3/t18-,19+,20+,21-,23-,24-,25+,26+,27-,28?,29-,30?,31+,32+,33+,34-,35-,36-,37+,38+,39+,40+,41-,42+,43+,44-/m1/s1. The average Bonchev–Trinajstić information content (AvgIpc) is 3.66. The predicted octanol–water partition coefficient (Wildman–Crippen LogP) is 0.852. The summed E-state index contributed by atoms with van der Waals surface area (Å²) in [6.45, 7) is 12.8. The third-order valence-electron chi connectivity index (χ3n) is 17.3. The summed E-state index contributed by atoms with van der Waals surface area (Å²) >= 11 is 0. The number of aliphatic hydroxyl groups excluding tert-OH is 8. The minimum absolute atomic E-state index is 0.0699. The molecule has 1 spiro atoms. The van der Waals surface area contributed by atoms with Crippen molar-refractivity contribution in [2.24, 2.45) is 46.3 Å². The highest BCUT2D eigenvalue weighted by atomic mass is 16.8. The van der Waals surface area contributed by atoms with E-state index in [1.54, 1.807) is 6.92 Å². The van der Waals surface area contributed by atoms with E-state index < -0.39 is 109 Å². The lowest BCUT2D eigenvalue weighted by molar-refractivity contribution is -0.391. The zero-order valence-corrected chi connectivity index (χ0v) is 35.8. The van der Waals surface area contributed by atoms with Gasteiger partial charge in [-0.15, -0.1) is 0 Å². The molecular formula is C44H70O16. The molecule has 0 aromatic carbocycles. The highest BCUT2D eigenvalue weighted by Crippen LogP contribution is 2.71. The Bertz CT molecular complexity index is 1580. The fourth-order valence-corrected chi connectivity index (χ4v) is 13.8. The number of allylic oxidation sites excluding steroid dienone is 1. The van der Waals surface area contributed by atoms with Gasteiger partial charge < -0.3 is 78.7 Å². The Morgan fingerprint density at radius 1 is 0.683 bits per heavy atom. The van der Waals surface area contributed by atoms with Crippen molar-refractivity contribution in [2.75, 3.05) is 13.2 Å². The fraction of sp³-hybridized carbons (Fsp3) is 0.955. The Hall–Kier alpha value is -0.900. The quantitative estimate of drug-likeness (QED) is 0.173. The van der Waals surface area contributed by atoms with E-state index in [-0.39, 0.29) is 36.4 Å². The van der Waals surface area contributed by atoms with Gasteiger partial charge in [0.2, 0.25) is 0 Å². The molecule has 0 radical (unpaired) electrons. The Morgan fingerprint density at radius 3 is 2.12 bits per heavy atom. The second kappa shape index (κ2) is 16.2. The molecule has 5 aliphatic heterocycles. The normalized spacial score (nSPS) is 59.2. The van der Waals surface area contributed by atoms with Gasteiger partial charge in [0.1, 0.15) is 54.9 Å².